The van der Waals surface area contributed by atoms with Gasteiger partial charge in [-0.25, -0.2) is 4.79 Å². The molecule has 1 aliphatic heterocycles. The number of hydrogen-bond donors (Lipinski definition) is 0. The van der Waals surface area contributed by atoms with E-state index in [1.54, 1.807) is 24.3 Å². The third-order valence-electron chi connectivity index (χ3n) is 3.95. The number of imide groups is 1. The van der Waals surface area contributed by atoms with E-state index in [0.717, 1.165) is 14.0 Å². The first-order valence-electron chi connectivity index (χ1n) is 7.32. The number of carbonyl (C=O) groups is 3. The third kappa shape index (κ3) is 2.93. The summed E-state index contributed by atoms with van der Waals surface area (Å²) >= 11 is 2.19. The summed E-state index contributed by atoms with van der Waals surface area (Å²) in [5.41, 5.74) is 1.49. The zero-order valence-corrected chi connectivity index (χ0v) is 15.0. The number of ether oxygens (including phenoxy) is 1. The second-order valence-corrected chi connectivity index (χ2v) is 6.64. The summed E-state index contributed by atoms with van der Waals surface area (Å²) in [7, 11) is 1.25. The molecular weight excluding hydrogens is 421 g/mol. The lowest BCUT2D eigenvalue weighted by molar-refractivity contribution is -0.145. The molecule has 0 bridgehead atoms. The molecule has 1 heterocycles. The van der Waals surface area contributed by atoms with Crippen LogP contribution in [0.15, 0.2) is 48.5 Å². The van der Waals surface area contributed by atoms with Crippen LogP contribution in [0.3, 0.4) is 0 Å². The smallest absolute Gasteiger partial charge is 0.329 e. The van der Waals surface area contributed by atoms with Crippen molar-refractivity contribution >= 4 is 40.4 Å². The Labute approximate surface area is 152 Å². The predicted octanol–water partition coefficient (Wildman–Crippen LogP) is 2.67. The number of halogens is 1. The second-order valence-electron chi connectivity index (χ2n) is 5.40. The van der Waals surface area contributed by atoms with Crippen molar-refractivity contribution in [2.75, 3.05) is 7.11 Å². The monoisotopic (exact) mass is 435 g/mol. The Balaban J connectivity index is 1.95. The first kappa shape index (κ1) is 16.6. The molecule has 3 rings (SSSR count). The highest BCUT2D eigenvalue weighted by molar-refractivity contribution is 14.1. The molecular formula is C18H14INO4. The van der Waals surface area contributed by atoms with Crippen molar-refractivity contribution in [1.29, 1.82) is 0 Å². The molecule has 0 fully saturated rings. The van der Waals surface area contributed by atoms with Crippen LogP contribution in [-0.2, 0) is 16.0 Å². The molecule has 1 aliphatic rings. The van der Waals surface area contributed by atoms with Gasteiger partial charge in [0, 0.05) is 9.99 Å². The summed E-state index contributed by atoms with van der Waals surface area (Å²) in [5, 5.41) is 0. The quantitative estimate of drug-likeness (QED) is 0.421. The highest BCUT2D eigenvalue weighted by atomic mass is 127. The number of methoxy groups -OCH3 is 1. The van der Waals surface area contributed by atoms with Gasteiger partial charge in [0.15, 0.2) is 0 Å². The van der Waals surface area contributed by atoms with Gasteiger partial charge in [0.05, 0.1) is 18.2 Å². The number of amides is 2. The van der Waals surface area contributed by atoms with Crippen LogP contribution >= 0.6 is 22.6 Å². The molecule has 5 nitrogen and oxygen atoms in total. The van der Waals surface area contributed by atoms with E-state index in [1.165, 1.54) is 7.11 Å². The van der Waals surface area contributed by atoms with Crippen molar-refractivity contribution in [1.82, 2.24) is 4.90 Å². The van der Waals surface area contributed by atoms with Crippen molar-refractivity contribution < 1.29 is 19.1 Å². The minimum atomic E-state index is -0.984. The lowest BCUT2D eigenvalue weighted by Gasteiger charge is -2.24. The minimum Gasteiger partial charge on any atom is -0.467 e. The summed E-state index contributed by atoms with van der Waals surface area (Å²) in [5.74, 6) is -1.53. The molecule has 2 aromatic carbocycles. The zero-order chi connectivity index (χ0) is 17.3. The summed E-state index contributed by atoms with van der Waals surface area (Å²) in [4.78, 5) is 38.5. The van der Waals surface area contributed by atoms with Crippen LogP contribution < -0.4 is 0 Å². The maximum atomic E-state index is 12.6. The highest BCUT2D eigenvalue weighted by Gasteiger charge is 2.43. The average molecular weight is 435 g/mol. The topological polar surface area (TPSA) is 63.7 Å². The van der Waals surface area contributed by atoms with Crippen molar-refractivity contribution in [3.05, 3.63) is 68.8 Å². The normalized spacial score (nSPS) is 14.5. The molecule has 2 aromatic rings. The Kier molecular flexibility index (Phi) is 4.66. The van der Waals surface area contributed by atoms with Gasteiger partial charge in [0.25, 0.3) is 11.8 Å². The maximum Gasteiger partial charge on any atom is 0.329 e. The van der Waals surface area contributed by atoms with Crippen LogP contribution in [0.25, 0.3) is 0 Å². The number of hydrogen-bond acceptors (Lipinski definition) is 4. The van der Waals surface area contributed by atoms with Crippen LogP contribution in [0.1, 0.15) is 26.3 Å². The Bertz CT molecular complexity index is 781. The van der Waals surface area contributed by atoms with Crippen molar-refractivity contribution in [2.45, 2.75) is 12.5 Å². The van der Waals surface area contributed by atoms with E-state index in [-0.39, 0.29) is 6.42 Å². The first-order chi connectivity index (χ1) is 11.5. The fourth-order valence-corrected chi connectivity index (χ4v) is 3.11. The van der Waals surface area contributed by atoms with Gasteiger partial charge in [-0.2, -0.15) is 0 Å². The number of carbonyl (C=O) groups excluding carboxylic acids is 3. The van der Waals surface area contributed by atoms with Crippen LogP contribution in [0.4, 0.5) is 0 Å². The van der Waals surface area contributed by atoms with Gasteiger partial charge < -0.3 is 4.74 Å². The lowest BCUT2D eigenvalue weighted by Crippen LogP contribution is -2.46. The largest absolute Gasteiger partial charge is 0.467 e. The van der Waals surface area contributed by atoms with Gasteiger partial charge >= 0.3 is 5.97 Å². The Morgan fingerprint density at radius 2 is 1.58 bits per heavy atom. The fraction of sp³-hybridized carbons (Fsp3) is 0.167. The van der Waals surface area contributed by atoms with E-state index >= 15 is 0 Å². The molecule has 0 aliphatic carbocycles. The SMILES string of the molecule is COC(=O)[C@H](Cc1ccc(I)cc1)N1C(=O)c2ccccc2C1=O. The standard InChI is InChI=1S/C18H14INO4/c1-24-18(23)15(10-11-6-8-12(19)9-7-11)20-16(21)13-4-2-3-5-14(13)17(20)22/h2-9,15H,10H2,1H3/t15-/m0/s1. The number of rotatable bonds is 4. The van der Waals surface area contributed by atoms with E-state index < -0.39 is 23.8 Å². The number of benzene rings is 2. The van der Waals surface area contributed by atoms with Crippen LogP contribution in [0.5, 0.6) is 0 Å². The number of esters is 1. The predicted molar refractivity (Wildman–Crippen MR) is 95.6 cm³/mol. The van der Waals surface area contributed by atoms with Crippen LogP contribution in [-0.4, -0.2) is 35.8 Å². The van der Waals surface area contributed by atoms with E-state index in [4.69, 9.17) is 4.74 Å². The third-order valence-corrected chi connectivity index (χ3v) is 4.67. The second kappa shape index (κ2) is 6.72. The first-order valence-corrected chi connectivity index (χ1v) is 8.40. The van der Waals surface area contributed by atoms with Gasteiger partial charge in [-0.15, -0.1) is 0 Å². The molecule has 122 valence electrons. The molecule has 0 unspecified atom stereocenters. The van der Waals surface area contributed by atoms with Crippen LogP contribution in [0, 0.1) is 3.57 Å². The van der Waals surface area contributed by atoms with E-state index in [2.05, 4.69) is 22.6 Å². The van der Waals surface area contributed by atoms with Crippen molar-refractivity contribution in [2.24, 2.45) is 0 Å². The van der Waals surface area contributed by atoms with E-state index in [1.807, 2.05) is 24.3 Å². The molecule has 0 aromatic heterocycles. The van der Waals surface area contributed by atoms with E-state index in [0.29, 0.717) is 11.1 Å². The minimum absolute atomic E-state index is 0.217. The van der Waals surface area contributed by atoms with Gasteiger partial charge in [-0.3, -0.25) is 14.5 Å². The summed E-state index contributed by atoms with van der Waals surface area (Å²) in [6, 6.07) is 13.1. The molecule has 1 atom stereocenters. The number of fused-ring (bicyclic) bond motifs is 1. The summed E-state index contributed by atoms with van der Waals surface area (Å²) in [6.45, 7) is 0. The highest BCUT2D eigenvalue weighted by Crippen LogP contribution is 2.26. The Morgan fingerprint density at radius 3 is 2.08 bits per heavy atom. The van der Waals surface area contributed by atoms with Gasteiger partial charge in [0.2, 0.25) is 0 Å². The zero-order valence-electron chi connectivity index (χ0n) is 12.9. The van der Waals surface area contributed by atoms with E-state index in [9.17, 15) is 14.4 Å². The summed E-state index contributed by atoms with van der Waals surface area (Å²) in [6.07, 6.45) is 0.217. The lowest BCUT2D eigenvalue weighted by atomic mass is 10.0. The van der Waals surface area contributed by atoms with Gasteiger partial charge in [-0.05, 0) is 52.4 Å². The molecule has 0 saturated carbocycles. The molecule has 0 saturated heterocycles. The maximum absolute atomic E-state index is 12.6. The van der Waals surface area contributed by atoms with Crippen LogP contribution in [0.2, 0.25) is 0 Å². The van der Waals surface area contributed by atoms with Crippen molar-refractivity contribution in [3.63, 3.8) is 0 Å². The fourth-order valence-electron chi connectivity index (χ4n) is 2.75. The molecule has 24 heavy (non-hydrogen) atoms. The average Bonchev–Trinajstić information content (AvgIpc) is 2.85. The Morgan fingerprint density at radius 1 is 1.04 bits per heavy atom. The molecule has 0 spiro atoms. The molecule has 0 N–H and O–H groups in total. The Hall–Kier alpha value is -2.22. The van der Waals surface area contributed by atoms with Gasteiger partial charge in [-0.1, -0.05) is 24.3 Å². The molecule has 2 amide bonds. The van der Waals surface area contributed by atoms with Gasteiger partial charge in [0.1, 0.15) is 6.04 Å². The van der Waals surface area contributed by atoms with Crippen molar-refractivity contribution in [3.8, 4) is 0 Å². The summed E-state index contributed by atoms with van der Waals surface area (Å²) < 4.78 is 5.89. The number of nitrogens with zero attached hydrogens (tertiary/aromatic N) is 1. The molecule has 0 radical (unpaired) electrons. The molecule has 6 heteroatoms.